The van der Waals surface area contributed by atoms with Crippen molar-refractivity contribution < 1.29 is 18.7 Å². The van der Waals surface area contributed by atoms with Gasteiger partial charge in [-0.2, -0.15) is 0 Å². The molecule has 29 heavy (non-hydrogen) atoms. The molecule has 0 aromatic heterocycles. The Bertz CT molecular complexity index is 811. The highest BCUT2D eigenvalue weighted by Crippen LogP contribution is 2.13. The van der Waals surface area contributed by atoms with E-state index in [4.69, 9.17) is 0 Å². The van der Waals surface area contributed by atoms with Gasteiger partial charge in [-0.05, 0) is 30.8 Å². The second-order valence-electron chi connectivity index (χ2n) is 7.56. The van der Waals surface area contributed by atoms with Crippen molar-refractivity contribution in [2.24, 2.45) is 0 Å². The van der Waals surface area contributed by atoms with Crippen LogP contribution in [0.5, 0.6) is 0 Å². The average Bonchev–Trinajstić information content (AvgIpc) is 2.70. The van der Waals surface area contributed by atoms with Crippen LogP contribution in [0.15, 0.2) is 48.5 Å². The van der Waals surface area contributed by atoms with Gasteiger partial charge in [0.15, 0.2) is 11.6 Å². The maximum absolute atomic E-state index is 13.4. The van der Waals surface area contributed by atoms with Crippen molar-refractivity contribution in [2.45, 2.75) is 12.6 Å². The Labute approximate surface area is 170 Å². The lowest BCUT2D eigenvalue weighted by Crippen LogP contribution is -2.51. The smallest absolute Gasteiger partial charge is 0.254 e. The van der Waals surface area contributed by atoms with E-state index < -0.39 is 17.7 Å². The van der Waals surface area contributed by atoms with E-state index in [-0.39, 0.29) is 11.5 Å². The number of amides is 1. The topological polar surface area (TPSA) is 47.0 Å². The number of β-amino-alcohol motifs (C(OH)–C–C–N with tert-alkyl or cyclic N) is 1. The van der Waals surface area contributed by atoms with E-state index >= 15 is 0 Å². The van der Waals surface area contributed by atoms with E-state index in [1.165, 1.54) is 11.6 Å². The number of aliphatic hydroxyl groups excluding tert-OH is 1. The van der Waals surface area contributed by atoms with Crippen molar-refractivity contribution in [3.63, 3.8) is 0 Å². The molecule has 0 aliphatic carbocycles. The third-order valence-electron chi connectivity index (χ3n) is 5.11. The SMILES string of the molecule is CN(Cc1ccccc1)CC(O)CN1CCN(C(=O)c2ccc(F)c(F)c2)CC1. The molecule has 156 valence electrons. The zero-order chi connectivity index (χ0) is 20.8. The van der Waals surface area contributed by atoms with E-state index in [1.807, 2.05) is 25.2 Å². The van der Waals surface area contributed by atoms with Gasteiger partial charge in [-0.3, -0.25) is 14.6 Å². The van der Waals surface area contributed by atoms with Crippen LogP contribution in [0.4, 0.5) is 8.78 Å². The number of hydrogen-bond donors (Lipinski definition) is 1. The average molecular weight is 403 g/mol. The largest absolute Gasteiger partial charge is 0.390 e. The number of halogens is 2. The van der Waals surface area contributed by atoms with Crippen molar-refractivity contribution in [1.29, 1.82) is 0 Å². The molecule has 2 aromatic rings. The summed E-state index contributed by atoms with van der Waals surface area (Å²) in [5.41, 5.74) is 1.35. The van der Waals surface area contributed by atoms with Crippen LogP contribution in [0.1, 0.15) is 15.9 Å². The highest BCUT2D eigenvalue weighted by Gasteiger charge is 2.24. The lowest BCUT2D eigenvalue weighted by molar-refractivity contribution is 0.0453. The molecule has 1 aliphatic heterocycles. The number of carbonyl (C=O) groups excluding carboxylic acids is 1. The second kappa shape index (κ2) is 9.91. The van der Waals surface area contributed by atoms with E-state index in [0.29, 0.717) is 39.3 Å². The number of hydrogen-bond acceptors (Lipinski definition) is 4. The highest BCUT2D eigenvalue weighted by atomic mass is 19.2. The van der Waals surface area contributed by atoms with Crippen LogP contribution in [-0.4, -0.2) is 78.1 Å². The predicted octanol–water partition coefficient (Wildman–Crippen LogP) is 2.22. The number of piperazine rings is 1. The Morgan fingerprint density at radius 2 is 1.76 bits per heavy atom. The lowest BCUT2D eigenvalue weighted by atomic mass is 10.1. The van der Waals surface area contributed by atoms with Crippen molar-refractivity contribution >= 4 is 5.91 Å². The van der Waals surface area contributed by atoms with Gasteiger partial charge in [-0.15, -0.1) is 0 Å². The Morgan fingerprint density at radius 3 is 2.41 bits per heavy atom. The summed E-state index contributed by atoms with van der Waals surface area (Å²) in [5.74, 6) is -2.28. The number of nitrogens with zero attached hydrogens (tertiary/aromatic N) is 3. The Balaban J connectivity index is 1.43. The van der Waals surface area contributed by atoms with Gasteiger partial charge in [0.25, 0.3) is 5.91 Å². The van der Waals surface area contributed by atoms with Crippen LogP contribution in [0, 0.1) is 11.6 Å². The van der Waals surface area contributed by atoms with Gasteiger partial charge in [-0.25, -0.2) is 8.78 Å². The van der Waals surface area contributed by atoms with Crippen molar-refractivity contribution in [2.75, 3.05) is 46.3 Å². The summed E-state index contributed by atoms with van der Waals surface area (Å²) in [6.07, 6.45) is -0.489. The van der Waals surface area contributed by atoms with Gasteiger partial charge in [0.2, 0.25) is 0 Å². The van der Waals surface area contributed by atoms with Crippen LogP contribution in [0.3, 0.4) is 0 Å². The van der Waals surface area contributed by atoms with E-state index in [0.717, 1.165) is 18.7 Å². The number of carbonyl (C=O) groups is 1. The summed E-state index contributed by atoms with van der Waals surface area (Å²) < 4.78 is 26.4. The fourth-order valence-electron chi connectivity index (χ4n) is 3.62. The molecule has 1 atom stereocenters. The number of rotatable bonds is 7. The Hall–Kier alpha value is -2.35. The molecule has 2 aromatic carbocycles. The molecular formula is C22H27F2N3O2. The maximum atomic E-state index is 13.4. The van der Waals surface area contributed by atoms with E-state index in [1.54, 1.807) is 4.90 Å². The zero-order valence-electron chi connectivity index (χ0n) is 16.6. The molecular weight excluding hydrogens is 376 g/mol. The standard InChI is InChI=1S/C22H27F2N3O2/c1-25(14-17-5-3-2-4-6-17)15-19(28)16-26-9-11-27(12-10-26)22(29)18-7-8-20(23)21(24)13-18/h2-8,13,19,28H,9-12,14-16H2,1H3. The van der Waals surface area contributed by atoms with E-state index in [2.05, 4.69) is 21.9 Å². The predicted molar refractivity (Wildman–Crippen MR) is 107 cm³/mol. The fraction of sp³-hybridized carbons (Fsp3) is 0.409. The fourth-order valence-corrected chi connectivity index (χ4v) is 3.62. The normalized spacial score (nSPS) is 16.2. The molecule has 1 N–H and O–H groups in total. The number of benzene rings is 2. The first-order valence-electron chi connectivity index (χ1n) is 9.79. The molecule has 1 fully saturated rings. The zero-order valence-corrected chi connectivity index (χ0v) is 16.6. The summed E-state index contributed by atoms with van der Waals surface area (Å²) in [7, 11) is 1.98. The molecule has 0 spiro atoms. The van der Waals surface area contributed by atoms with Gasteiger partial charge >= 0.3 is 0 Å². The molecule has 1 heterocycles. The van der Waals surface area contributed by atoms with E-state index in [9.17, 15) is 18.7 Å². The minimum atomic E-state index is -1.02. The van der Waals surface area contributed by atoms with Gasteiger partial charge < -0.3 is 10.0 Å². The van der Waals surface area contributed by atoms with Crippen molar-refractivity contribution in [1.82, 2.24) is 14.7 Å². The lowest BCUT2D eigenvalue weighted by Gasteiger charge is -2.36. The number of aliphatic hydroxyl groups is 1. The quantitative estimate of drug-likeness (QED) is 0.770. The van der Waals surface area contributed by atoms with Crippen molar-refractivity contribution in [3.05, 3.63) is 71.3 Å². The van der Waals surface area contributed by atoms with Gasteiger partial charge in [0.1, 0.15) is 0 Å². The van der Waals surface area contributed by atoms with Crippen LogP contribution >= 0.6 is 0 Å². The molecule has 5 nitrogen and oxygen atoms in total. The second-order valence-corrected chi connectivity index (χ2v) is 7.56. The van der Waals surface area contributed by atoms with Crippen LogP contribution in [-0.2, 0) is 6.54 Å². The molecule has 1 saturated heterocycles. The summed E-state index contributed by atoms with van der Waals surface area (Å²) >= 11 is 0. The Morgan fingerprint density at radius 1 is 1.07 bits per heavy atom. The minimum absolute atomic E-state index is 0.153. The molecule has 0 radical (unpaired) electrons. The van der Waals surface area contributed by atoms with Crippen molar-refractivity contribution in [3.8, 4) is 0 Å². The molecule has 1 aliphatic rings. The molecule has 7 heteroatoms. The van der Waals surface area contributed by atoms with Gasteiger partial charge in [0, 0.05) is 51.4 Å². The molecule has 1 amide bonds. The van der Waals surface area contributed by atoms with Gasteiger partial charge in [-0.1, -0.05) is 30.3 Å². The first kappa shape index (κ1) is 21.4. The summed E-state index contributed by atoms with van der Waals surface area (Å²) in [4.78, 5) is 18.3. The first-order valence-corrected chi connectivity index (χ1v) is 9.79. The first-order chi connectivity index (χ1) is 13.9. The third-order valence-corrected chi connectivity index (χ3v) is 5.11. The van der Waals surface area contributed by atoms with Gasteiger partial charge in [0.05, 0.1) is 6.10 Å². The van der Waals surface area contributed by atoms with Crippen LogP contribution in [0.25, 0.3) is 0 Å². The van der Waals surface area contributed by atoms with Crippen LogP contribution < -0.4 is 0 Å². The van der Waals surface area contributed by atoms with Crippen LogP contribution in [0.2, 0.25) is 0 Å². The monoisotopic (exact) mass is 403 g/mol. The molecule has 0 bridgehead atoms. The molecule has 3 rings (SSSR count). The maximum Gasteiger partial charge on any atom is 0.254 e. The summed E-state index contributed by atoms with van der Waals surface area (Å²) in [6, 6.07) is 13.3. The molecule has 0 saturated carbocycles. The highest BCUT2D eigenvalue weighted by molar-refractivity contribution is 5.94. The summed E-state index contributed by atoms with van der Waals surface area (Å²) in [6.45, 7) is 4.11. The molecule has 1 unspecified atom stereocenters. The number of likely N-dealkylation sites (N-methyl/N-ethyl adjacent to an activating group) is 1. The summed E-state index contributed by atoms with van der Waals surface area (Å²) in [5, 5.41) is 10.4. The Kier molecular flexibility index (Phi) is 7.30. The third kappa shape index (κ3) is 6.06. The minimum Gasteiger partial charge on any atom is -0.390 e.